The van der Waals surface area contributed by atoms with Gasteiger partial charge in [0.25, 0.3) is 5.91 Å². The number of anilines is 1. The van der Waals surface area contributed by atoms with Gasteiger partial charge in [-0.1, -0.05) is 32.0 Å². The Hall–Kier alpha value is -1.88. The number of nitrogens with one attached hydrogen (secondary N) is 2. The largest absolute Gasteiger partial charge is 0.369 e. The highest BCUT2D eigenvalue weighted by molar-refractivity contribution is 5.92. The Labute approximate surface area is 138 Å². The molecule has 0 radical (unpaired) electrons. The molecular formula is C18H28N3O2+. The number of para-hydroxylation sites is 1. The zero-order valence-corrected chi connectivity index (χ0v) is 14.1. The van der Waals surface area contributed by atoms with Crippen LogP contribution in [0.5, 0.6) is 0 Å². The van der Waals surface area contributed by atoms with Gasteiger partial charge in [0, 0.05) is 5.69 Å². The maximum absolute atomic E-state index is 12.4. The van der Waals surface area contributed by atoms with Gasteiger partial charge in [-0.05, 0) is 36.8 Å². The minimum absolute atomic E-state index is 0.000809. The highest BCUT2D eigenvalue weighted by Crippen LogP contribution is 2.26. The van der Waals surface area contributed by atoms with Gasteiger partial charge in [-0.3, -0.25) is 9.59 Å². The van der Waals surface area contributed by atoms with Gasteiger partial charge >= 0.3 is 0 Å². The molecule has 4 N–H and O–H groups in total. The highest BCUT2D eigenvalue weighted by atomic mass is 16.2. The number of carbonyl (C=O) groups excluding carboxylic acids is 2. The Morgan fingerprint density at radius 3 is 2.83 bits per heavy atom. The van der Waals surface area contributed by atoms with Gasteiger partial charge in [0.15, 0.2) is 6.54 Å². The molecule has 1 aromatic carbocycles. The normalized spacial score (nSPS) is 22.3. The van der Waals surface area contributed by atoms with Crippen molar-refractivity contribution in [3.05, 3.63) is 29.8 Å². The predicted octanol–water partition coefficient (Wildman–Crippen LogP) is 0.919. The Morgan fingerprint density at radius 1 is 1.39 bits per heavy atom. The fraction of sp³-hybridized carbons (Fsp3) is 0.556. The van der Waals surface area contributed by atoms with Crippen molar-refractivity contribution in [3.63, 3.8) is 0 Å². The second-order valence-electron chi connectivity index (χ2n) is 6.57. The highest BCUT2D eigenvalue weighted by Gasteiger charge is 2.28. The van der Waals surface area contributed by atoms with Gasteiger partial charge in [0.05, 0.1) is 19.0 Å². The molecule has 0 aliphatic carbocycles. The van der Waals surface area contributed by atoms with Crippen molar-refractivity contribution >= 4 is 17.5 Å². The average Bonchev–Trinajstić information content (AvgIpc) is 2.54. The third-order valence-electron chi connectivity index (χ3n) is 4.81. The minimum atomic E-state index is -0.246. The zero-order chi connectivity index (χ0) is 16.8. The molecule has 1 unspecified atom stereocenters. The molecule has 3 atom stereocenters. The fourth-order valence-electron chi connectivity index (χ4n) is 3.24. The van der Waals surface area contributed by atoms with Crippen LogP contribution in [0, 0.1) is 5.92 Å². The molecule has 126 valence electrons. The van der Waals surface area contributed by atoms with E-state index >= 15 is 0 Å². The number of nitrogens with two attached hydrogens (primary N) is 1. The van der Waals surface area contributed by atoms with E-state index in [0.29, 0.717) is 19.0 Å². The molecule has 0 spiro atoms. The van der Waals surface area contributed by atoms with Gasteiger partial charge in [-0.2, -0.15) is 0 Å². The maximum Gasteiger partial charge on any atom is 0.279 e. The second-order valence-corrected chi connectivity index (χ2v) is 6.57. The SMILES string of the molecule is CC[C@H](C)c1ccccc1NC(=O)C[NH+]1CCC[C@H](C(N)=O)C1. The van der Waals surface area contributed by atoms with Crippen LogP contribution >= 0.6 is 0 Å². The number of rotatable bonds is 6. The molecular weight excluding hydrogens is 290 g/mol. The van der Waals surface area contributed by atoms with Crippen molar-refractivity contribution in [1.82, 2.24) is 0 Å². The van der Waals surface area contributed by atoms with Crippen molar-refractivity contribution in [3.8, 4) is 0 Å². The first-order chi connectivity index (χ1) is 11.0. The van der Waals surface area contributed by atoms with Crippen LogP contribution in [0.2, 0.25) is 0 Å². The van der Waals surface area contributed by atoms with Gasteiger partial charge in [-0.25, -0.2) is 0 Å². The number of quaternary nitrogens is 1. The van der Waals surface area contributed by atoms with E-state index in [1.807, 2.05) is 18.2 Å². The summed E-state index contributed by atoms with van der Waals surface area (Å²) in [6.07, 6.45) is 2.82. The number of benzene rings is 1. The molecule has 1 fully saturated rings. The first-order valence-corrected chi connectivity index (χ1v) is 8.53. The van der Waals surface area contributed by atoms with Crippen molar-refractivity contribution in [2.45, 2.75) is 39.0 Å². The summed E-state index contributed by atoms with van der Waals surface area (Å²) in [5.74, 6) is 0.0672. The summed E-state index contributed by atoms with van der Waals surface area (Å²) >= 11 is 0. The van der Waals surface area contributed by atoms with E-state index in [0.717, 1.165) is 36.4 Å². The molecule has 5 heteroatoms. The Balaban J connectivity index is 1.96. The van der Waals surface area contributed by atoms with Crippen molar-refractivity contribution < 1.29 is 14.5 Å². The van der Waals surface area contributed by atoms with E-state index < -0.39 is 0 Å². The number of carbonyl (C=O) groups is 2. The van der Waals surface area contributed by atoms with Crippen LogP contribution in [0.1, 0.15) is 44.6 Å². The van der Waals surface area contributed by atoms with Crippen LogP contribution in [0.3, 0.4) is 0 Å². The molecule has 5 nitrogen and oxygen atoms in total. The van der Waals surface area contributed by atoms with Crippen LogP contribution in [-0.2, 0) is 9.59 Å². The van der Waals surface area contributed by atoms with Gasteiger partial charge in [0.1, 0.15) is 0 Å². The van der Waals surface area contributed by atoms with Gasteiger partial charge in [0.2, 0.25) is 5.91 Å². The fourth-order valence-corrected chi connectivity index (χ4v) is 3.24. The van der Waals surface area contributed by atoms with E-state index in [4.69, 9.17) is 5.73 Å². The molecule has 23 heavy (non-hydrogen) atoms. The number of primary amides is 1. The summed E-state index contributed by atoms with van der Waals surface area (Å²) in [5.41, 5.74) is 7.47. The third-order valence-corrected chi connectivity index (χ3v) is 4.81. The molecule has 2 rings (SSSR count). The number of likely N-dealkylation sites (tertiary alicyclic amines) is 1. The molecule has 1 aliphatic heterocycles. The lowest BCUT2D eigenvalue weighted by Crippen LogP contribution is -3.14. The topological polar surface area (TPSA) is 76.6 Å². The minimum Gasteiger partial charge on any atom is -0.369 e. The smallest absolute Gasteiger partial charge is 0.279 e. The quantitative estimate of drug-likeness (QED) is 0.729. The number of piperidine rings is 1. The van der Waals surface area contributed by atoms with Gasteiger partial charge in [-0.15, -0.1) is 0 Å². The lowest BCUT2D eigenvalue weighted by molar-refractivity contribution is -0.899. The van der Waals surface area contributed by atoms with E-state index in [1.165, 1.54) is 5.56 Å². The maximum atomic E-state index is 12.4. The van der Waals surface area contributed by atoms with E-state index in [2.05, 4.69) is 25.2 Å². The van der Waals surface area contributed by atoms with E-state index in [9.17, 15) is 9.59 Å². The Bertz CT molecular complexity index is 559. The Morgan fingerprint density at radius 2 is 2.13 bits per heavy atom. The number of hydrogen-bond donors (Lipinski definition) is 3. The van der Waals surface area contributed by atoms with Gasteiger partial charge < -0.3 is 16.0 Å². The van der Waals surface area contributed by atoms with Crippen molar-refractivity contribution in [2.24, 2.45) is 11.7 Å². The summed E-state index contributed by atoms with van der Waals surface area (Å²) in [5, 5.41) is 3.04. The van der Waals surface area contributed by atoms with Crippen LogP contribution in [0.25, 0.3) is 0 Å². The molecule has 1 heterocycles. The molecule has 0 aromatic heterocycles. The average molecular weight is 318 g/mol. The Kier molecular flexibility index (Phi) is 6.16. The molecule has 0 saturated carbocycles. The zero-order valence-electron chi connectivity index (χ0n) is 14.1. The summed E-state index contributed by atoms with van der Waals surface area (Å²) < 4.78 is 0. The summed E-state index contributed by atoms with van der Waals surface area (Å²) in [6.45, 7) is 6.28. The van der Waals surface area contributed by atoms with E-state index in [1.54, 1.807) is 0 Å². The first kappa shape index (κ1) is 17.5. The summed E-state index contributed by atoms with van der Waals surface area (Å²) in [6, 6.07) is 7.97. The van der Waals surface area contributed by atoms with Crippen LogP contribution in [-0.4, -0.2) is 31.4 Å². The first-order valence-electron chi connectivity index (χ1n) is 8.53. The summed E-state index contributed by atoms with van der Waals surface area (Å²) in [7, 11) is 0. The molecule has 1 aromatic rings. The standard InChI is InChI=1S/C18H27N3O2/c1-3-13(2)15-8-4-5-9-16(15)20-17(22)12-21-10-6-7-14(11-21)18(19)23/h4-5,8-9,13-14H,3,6-7,10-12H2,1-2H3,(H2,19,23)(H,20,22)/p+1/t13-,14-/m0/s1. The number of amides is 2. The third kappa shape index (κ3) is 4.79. The van der Waals surface area contributed by atoms with Crippen molar-refractivity contribution in [1.29, 1.82) is 0 Å². The van der Waals surface area contributed by atoms with Crippen LogP contribution in [0.15, 0.2) is 24.3 Å². The summed E-state index contributed by atoms with van der Waals surface area (Å²) in [4.78, 5) is 24.8. The molecule has 1 aliphatic rings. The van der Waals surface area contributed by atoms with Crippen LogP contribution < -0.4 is 16.0 Å². The second kappa shape index (κ2) is 8.11. The lowest BCUT2D eigenvalue weighted by Gasteiger charge is -2.27. The van der Waals surface area contributed by atoms with E-state index in [-0.39, 0.29) is 17.7 Å². The monoisotopic (exact) mass is 318 g/mol. The molecule has 0 bridgehead atoms. The number of hydrogen-bond acceptors (Lipinski definition) is 2. The lowest BCUT2D eigenvalue weighted by atomic mass is 9.96. The predicted molar refractivity (Wildman–Crippen MR) is 91.3 cm³/mol. The van der Waals surface area contributed by atoms with Crippen molar-refractivity contribution in [2.75, 3.05) is 25.0 Å². The molecule has 1 saturated heterocycles. The molecule has 2 amide bonds. The van der Waals surface area contributed by atoms with Crippen LogP contribution in [0.4, 0.5) is 5.69 Å².